The van der Waals surface area contributed by atoms with Gasteiger partial charge in [0, 0.05) is 18.9 Å². The monoisotopic (exact) mass is 375 g/mol. The highest BCUT2D eigenvalue weighted by Crippen LogP contribution is 2.16. The van der Waals surface area contributed by atoms with Crippen molar-refractivity contribution < 1.29 is 4.74 Å². The third-order valence-corrected chi connectivity index (χ3v) is 5.10. The molecule has 2 aromatic carbocycles. The zero-order valence-electron chi connectivity index (χ0n) is 16.1. The van der Waals surface area contributed by atoms with Crippen LogP contribution in [0.1, 0.15) is 18.3 Å². The maximum Gasteiger partial charge on any atom is 0.267 e. The third-order valence-electron chi connectivity index (χ3n) is 5.10. The number of pyridine rings is 1. The minimum Gasteiger partial charge on any atom is -0.497 e. The Morgan fingerprint density at radius 1 is 1.04 bits per heavy atom. The normalized spacial score (nSPS) is 11.2. The summed E-state index contributed by atoms with van der Waals surface area (Å²) in [5, 5.41) is 0.656. The number of para-hydroxylation sites is 1. The van der Waals surface area contributed by atoms with Gasteiger partial charge in [-0.25, -0.2) is 4.98 Å². The summed E-state index contributed by atoms with van der Waals surface area (Å²) >= 11 is 0. The first-order valence-electron chi connectivity index (χ1n) is 9.19. The average molecular weight is 375 g/mol. The van der Waals surface area contributed by atoms with E-state index in [2.05, 4.69) is 0 Å². The topological polar surface area (TPSA) is 66.1 Å². The van der Waals surface area contributed by atoms with Gasteiger partial charge in [0.25, 0.3) is 5.56 Å². The van der Waals surface area contributed by atoms with E-state index in [0.29, 0.717) is 29.8 Å². The number of nitrogens with zero attached hydrogens (tertiary/aromatic N) is 3. The lowest BCUT2D eigenvalue weighted by Gasteiger charge is -2.15. The van der Waals surface area contributed by atoms with Crippen molar-refractivity contribution in [1.82, 2.24) is 14.1 Å². The highest BCUT2D eigenvalue weighted by atomic mass is 16.5. The smallest absolute Gasteiger partial charge is 0.267 e. The molecule has 0 unspecified atom stereocenters. The van der Waals surface area contributed by atoms with Crippen molar-refractivity contribution in [3.63, 3.8) is 0 Å². The van der Waals surface area contributed by atoms with Crippen LogP contribution in [0.4, 0.5) is 0 Å². The number of hydrogen-bond acceptors (Lipinski definition) is 4. The Labute approximate surface area is 161 Å². The number of ether oxygens (including phenoxy) is 1. The van der Waals surface area contributed by atoms with Crippen molar-refractivity contribution >= 4 is 21.9 Å². The van der Waals surface area contributed by atoms with Crippen LogP contribution in [0.15, 0.2) is 58.1 Å². The van der Waals surface area contributed by atoms with E-state index in [9.17, 15) is 9.59 Å². The van der Waals surface area contributed by atoms with Crippen molar-refractivity contribution in [3.05, 3.63) is 80.5 Å². The number of fused-ring (bicyclic) bond motifs is 2. The van der Waals surface area contributed by atoms with E-state index in [1.807, 2.05) is 54.9 Å². The first-order chi connectivity index (χ1) is 13.5. The Morgan fingerprint density at radius 3 is 2.43 bits per heavy atom. The van der Waals surface area contributed by atoms with Gasteiger partial charge in [0.1, 0.15) is 17.0 Å². The van der Waals surface area contributed by atoms with Crippen LogP contribution in [0, 0.1) is 0 Å². The molecule has 0 saturated heterocycles. The lowest BCUT2D eigenvalue weighted by Crippen LogP contribution is -2.30. The van der Waals surface area contributed by atoms with Gasteiger partial charge < -0.3 is 9.30 Å². The molecule has 0 atom stereocenters. The van der Waals surface area contributed by atoms with E-state index in [-0.39, 0.29) is 16.4 Å². The second kappa shape index (κ2) is 6.96. The van der Waals surface area contributed by atoms with Crippen molar-refractivity contribution in [1.29, 1.82) is 0 Å². The van der Waals surface area contributed by atoms with Crippen LogP contribution in [0.5, 0.6) is 5.75 Å². The van der Waals surface area contributed by atoms with Crippen molar-refractivity contribution in [2.24, 2.45) is 7.05 Å². The van der Waals surface area contributed by atoms with Crippen molar-refractivity contribution in [3.8, 4) is 5.75 Å². The van der Waals surface area contributed by atoms with E-state index >= 15 is 0 Å². The summed E-state index contributed by atoms with van der Waals surface area (Å²) < 4.78 is 8.61. The fourth-order valence-corrected chi connectivity index (χ4v) is 3.58. The van der Waals surface area contributed by atoms with Gasteiger partial charge in [0.2, 0.25) is 5.43 Å². The Morgan fingerprint density at radius 2 is 1.75 bits per heavy atom. The number of hydrogen-bond donors (Lipinski definition) is 0. The van der Waals surface area contributed by atoms with Crippen LogP contribution >= 0.6 is 0 Å². The van der Waals surface area contributed by atoms with Crippen molar-refractivity contribution in [2.45, 2.75) is 19.9 Å². The summed E-state index contributed by atoms with van der Waals surface area (Å²) in [7, 11) is 3.45. The summed E-state index contributed by atoms with van der Waals surface area (Å²) in [5.41, 5.74) is 1.56. The minimum absolute atomic E-state index is 0.131. The summed E-state index contributed by atoms with van der Waals surface area (Å²) in [6.45, 7) is 2.31. The third kappa shape index (κ3) is 2.78. The highest BCUT2D eigenvalue weighted by molar-refractivity contribution is 5.91. The van der Waals surface area contributed by atoms with Gasteiger partial charge >= 0.3 is 0 Å². The lowest BCUT2D eigenvalue weighted by molar-refractivity contribution is 0.414. The first-order valence-corrected chi connectivity index (χ1v) is 9.19. The quantitative estimate of drug-likeness (QED) is 0.515. The molecule has 0 radical (unpaired) electrons. The van der Waals surface area contributed by atoms with Crippen LogP contribution in [0.3, 0.4) is 0 Å². The molecule has 6 heteroatoms. The molecule has 142 valence electrons. The van der Waals surface area contributed by atoms with Crippen LogP contribution in [0.2, 0.25) is 0 Å². The zero-order chi connectivity index (χ0) is 19.8. The molecule has 0 aliphatic rings. The van der Waals surface area contributed by atoms with E-state index in [1.54, 1.807) is 23.8 Å². The summed E-state index contributed by atoms with van der Waals surface area (Å²) in [6, 6.07) is 14.8. The molecule has 6 nitrogen and oxygen atoms in total. The number of aromatic nitrogens is 3. The lowest BCUT2D eigenvalue weighted by atomic mass is 10.1. The van der Waals surface area contributed by atoms with Gasteiger partial charge in [-0.1, -0.05) is 31.2 Å². The van der Waals surface area contributed by atoms with Gasteiger partial charge in [-0.15, -0.1) is 0 Å². The van der Waals surface area contributed by atoms with Gasteiger partial charge in [0.15, 0.2) is 5.65 Å². The Kier molecular flexibility index (Phi) is 4.47. The fourth-order valence-electron chi connectivity index (χ4n) is 3.58. The summed E-state index contributed by atoms with van der Waals surface area (Å²) in [4.78, 5) is 31.1. The fraction of sp³-hybridized carbons (Fsp3) is 0.227. The predicted octanol–water partition coefficient (Wildman–Crippen LogP) is 2.87. The molecule has 2 heterocycles. The van der Waals surface area contributed by atoms with Crippen molar-refractivity contribution in [2.75, 3.05) is 7.11 Å². The molecule has 2 aromatic heterocycles. The summed E-state index contributed by atoms with van der Waals surface area (Å²) in [6.07, 6.45) is 0.586. The minimum atomic E-state index is -0.302. The molecule has 0 amide bonds. The number of aryl methyl sites for hydroxylation is 2. The molecular weight excluding hydrogens is 354 g/mol. The molecule has 4 aromatic rings. The second-order valence-electron chi connectivity index (χ2n) is 6.72. The highest BCUT2D eigenvalue weighted by Gasteiger charge is 2.17. The molecule has 0 saturated carbocycles. The molecular formula is C22H21N3O3. The molecule has 0 aliphatic carbocycles. The molecule has 4 rings (SSSR count). The largest absolute Gasteiger partial charge is 0.497 e. The molecule has 0 fully saturated rings. The van der Waals surface area contributed by atoms with Crippen LogP contribution in [-0.4, -0.2) is 21.2 Å². The van der Waals surface area contributed by atoms with E-state index < -0.39 is 0 Å². The van der Waals surface area contributed by atoms with E-state index in [4.69, 9.17) is 9.72 Å². The standard InChI is InChI=1S/C22H21N3O3/c1-4-18-23-21-19(20(26)16-7-5-6-8-17(16)24(21)2)22(27)25(18)13-14-9-11-15(28-3)12-10-14/h5-12H,4,13H2,1-3H3. The van der Waals surface area contributed by atoms with Gasteiger partial charge in [-0.2, -0.15) is 0 Å². The first kappa shape index (κ1) is 18.0. The Balaban J connectivity index is 2.00. The van der Waals surface area contributed by atoms with Gasteiger partial charge in [-0.05, 0) is 29.8 Å². The molecule has 0 N–H and O–H groups in total. The van der Waals surface area contributed by atoms with Gasteiger partial charge in [0.05, 0.1) is 19.2 Å². The average Bonchev–Trinajstić information content (AvgIpc) is 2.73. The zero-order valence-corrected chi connectivity index (χ0v) is 16.1. The SMILES string of the molecule is CCc1nc2c(c(=O)c3ccccc3n2C)c(=O)n1Cc1ccc(OC)cc1. The van der Waals surface area contributed by atoms with Crippen LogP contribution < -0.4 is 15.7 Å². The van der Waals surface area contributed by atoms with E-state index in [1.165, 1.54) is 0 Å². The maximum absolute atomic E-state index is 13.3. The van der Waals surface area contributed by atoms with Crippen LogP contribution in [0.25, 0.3) is 21.9 Å². The molecule has 0 bridgehead atoms. The molecule has 28 heavy (non-hydrogen) atoms. The number of methoxy groups -OCH3 is 1. The predicted molar refractivity (Wildman–Crippen MR) is 110 cm³/mol. The maximum atomic E-state index is 13.3. The van der Waals surface area contributed by atoms with Gasteiger partial charge in [-0.3, -0.25) is 14.2 Å². The number of benzene rings is 2. The number of rotatable bonds is 4. The molecule has 0 aliphatic heterocycles. The van der Waals surface area contributed by atoms with Crippen LogP contribution in [-0.2, 0) is 20.0 Å². The summed E-state index contributed by atoms with van der Waals surface area (Å²) in [5.74, 6) is 1.40. The second-order valence-corrected chi connectivity index (χ2v) is 6.72. The Hall–Kier alpha value is -3.41. The Bertz CT molecular complexity index is 1300. The van der Waals surface area contributed by atoms with E-state index in [0.717, 1.165) is 16.8 Å². The molecule has 0 spiro atoms.